The van der Waals surface area contributed by atoms with E-state index in [-0.39, 0.29) is 126 Å². The van der Waals surface area contributed by atoms with Crippen LogP contribution in [0.1, 0.15) is 60.4 Å². The SMILES string of the molecule is CC(=O)OCC1Cc2cc(F)cc(C=O)c2O1.CC(=O)OCC1Cc2cc(F)cc(CO)c2O1.CC(=O)OCC1Cc2cc(F)ccc2O1.COC(Cl)Cl.O=S(Cl)Cl.OCC1Cc2cc(F)ccc2O1.[B].[H-].[Na+]. The van der Waals surface area contributed by atoms with Gasteiger partial charge in [-0.1, -0.05) is 23.2 Å². The summed E-state index contributed by atoms with van der Waals surface area (Å²) in [7, 11) is 8.79. The van der Waals surface area contributed by atoms with Crippen molar-refractivity contribution in [2.24, 2.45) is 0 Å². The molecule has 4 aliphatic heterocycles. The summed E-state index contributed by atoms with van der Waals surface area (Å²) in [6.07, 6.45) is 1.61. The molecule has 26 heteroatoms. The summed E-state index contributed by atoms with van der Waals surface area (Å²) in [4.78, 5) is 42.7. The molecule has 4 aliphatic rings. The second-order valence-electron chi connectivity index (χ2n) is 14.9. The molecule has 0 saturated carbocycles. The quantitative estimate of drug-likeness (QED) is 0.0422. The molecule has 0 amide bonds. The zero-order valence-electron chi connectivity index (χ0n) is 40.3. The van der Waals surface area contributed by atoms with Crippen LogP contribution in [-0.4, -0.2) is 110 Å². The zero-order chi connectivity index (χ0) is 52.1. The molecule has 0 fully saturated rings. The number of hydrogen-bond donors (Lipinski definition) is 2. The number of rotatable bonds is 10. The van der Waals surface area contributed by atoms with Crippen LogP contribution in [0.2, 0.25) is 0 Å². The Morgan fingerprint density at radius 1 is 0.667 bits per heavy atom. The van der Waals surface area contributed by atoms with E-state index in [4.69, 9.17) is 70.8 Å². The summed E-state index contributed by atoms with van der Waals surface area (Å²) in [6, 6.07) is 13.9. The van der Waals surface area contributed by atoms with Crippen molar-refractivity contribution in [3.63, 3.8) is 0 Å². The van der Waals surface area contributed by atoms with Crippen molar-refractivity contribution >= 4 is 86.4 Å². The predicted octanol–water partition coefficient (Wildman–Crippen LogP) is 4.68. The molecule has 8 rings (SSSR count). The fraction of sp³-hybridized carbons (Fsp3) is 0.391. The molecule has 4 aromatic rings. The van der Waals surface area contributed by atoms with E-state index < -0.39 is 31.9 Å². The van der Waals surface area contributed by atoms with E-state index in [9.17, 15) is 36.7 Å². The minimum absolute atomic E-state index is 0. The van der Waals surface area contributed by atoms with Crippen LogP contribution in [0.25, 0.3) is 0 Å². The Kier molecular flexibility index (Phi) is 31.1. The molecule has 389 valence electrons. The molecule has 0 aliphatic carbocycles. The molecule has 4 atom stereocenters. The third-order valence-electron chi connectivity index (χ3n) is 9.46. The second kappa shape index (κ2) is 33.9. The second-order valence-corrected chi connectivity index (χ2v) is 18.4. The fourth-order valence-corrected chi connectivity index (χ4v) is 6.69. The molecule has 0 aromatic heterocycles. The molecule has 2 N–H and O–H groups in total. The number of halogens is 8. The van der Waals surface area contributed by atoms with Gasteiger partial charge in [-0.3, -0.25) is 19.2 Å². The number of carbonyl (C=O) groups excluding carboxylic acids is 4. The summed E-state index contributed by atoms with van der Waals surface area (Å²) in [5, 5.41) is 17.2. The smallest absolute Gasteiger partial charge is 1.00 e. The first-order valence-electron chi connectivity index (χ1n) is 20.6. The molecule has 4 unspecified atom stereocenters. The average Bonchev–Trinajstić information content (AvgIpc) is 4.11. The number of methoxy groups -OCH3 is 1. The van der Waals surface area contributed by atoms with E-state index in [0.717, 1.165) is 17.2 Å². The number of esters is 3. The van der Waals surface area contributed by atoms with E-state index in [1.165, 1.54) is 70.3 Å². The van der Waals surface area contributed by atoms with E-state index in [2.05, 4.69) is 26.1 Å². The van der Waals surface area contributed by atoms with E-state index >= 15 is 0 Å². The number of carbonyl (C=O) groups is 4. The van der Waals surface area contributed by atoms with Crippen LogP contribution in [0.5, 0.6) is 23.0 Å². The van der Waals surface area contributed by atoms with Gasteiger partial charge in [-0.15, -0.1) is 0 Å². The van der Waals surface area contributed by atoms with Crippen molar-refractivity contribution in [2.45, 2.75) is 82.5 Å². The monoisotopic (exact) mass is 1120 g/mol. The van der Waals surface area contributed by atoms with Gasteiger partial charge in [0.15, 0.2) is 6.29 Å². The van der Waals surface area contributed by atoms with Crippen LogP contribution in [0.4, 0.5) is 17.6 Å². The Bertz CT molecular complexity index is 2440. The number of benzene rings is 4. The molecular formula is C46H49BCl4F4NaO15S. The fourth-order valence-electron chi connectivity index (χ4n) is 6.69. The van der Waals surface area contributed by atoms with Crippen molar-refractivity contribution in [2.75, 3.05) is 33.5 Å². The van der Waals surface area contributed by atoms with Crippen LogP contribution in [0, 0.1) is 23.3 Å². The molecule has 15 nitrogen and oxygen atoms in total. The van der Waals surface area contributed by atoms with Gasteiger partial charge in [-0.05, 0) is 60.7 Å². The van der Waals surface area contributed by atoms with Crippen LogP contribution in [0.3, 0.4) is 0 Å². The number of aliphatic hydroxyl groups is 2. The summed E-state index contributed by atoms with van der Waals surface area (Å²) in [5.74, 6) is -0.243. The third kappa shape index (κ3) is 23.6. The maximum atomic E-state index is 13.2. The van der Waals surface area contributed by atoms with Crippen molar-refractivity contribution < 1.29 is 120 Å². The molecule has 72 heavy (non-hydrogen) atoms. The normalized spacial score (nSPS) is 16.5. The third-order valence-corrected chi connectivity index (χ3v) is 9.81. The van der Waals surface area contributed by atoms with Crippen LogP contribution in [-0.2, 0) is 74.8 Å². The van der Waals surface area contributed by atoms with Gasteiger partial charge in [0, 0.05) is 111 Å². The Balaban J connectivity index is 0.000000889. The van der Waals surface area contributed by atoms with Gasteiger partial charge in [0.25, 0.3) is 0 Å². The van der Waals surface area contributed by atoms with Gasteiger partial charge in [0.05, 0.1) is 18.8 Å². The number of aliphatic hydroxyl groups excluding tert-OH is 2. The van der Waals surface area contributed by atoms with Gasteiger partial charge in [0.2, 0.25) is 14.2 Å². The first-order chi connectivity index (χ1) is 33.1. The van der Waals surface area contributed by atoms with Gasteiger partial charge in [-0.25, -0.2) is 21.8 Å². The molecule has 0 spiro atoms. The van der Waals surface area contributed by atoms with Gasteiger partial charge in [0.1, 0.15) is 90.5 Å². The molecule has 0 bridgehead atoms. The molecule has 4 heterocycles. The van der Waals surface area contributed by atoms with Gasteiger partial charge >= 0.3 is 47.5 Å². The molecule has 0 saturated heterocycles. The minimum atomic E-state index is -1.67. The van der Waals surface area contributed by atoms with Crippen molar-refractivity contribution in [3.8, 4) is 23.0 Å². The number of aldehydes is 1. The number of hydrogen-bond acceptors (Lipinski definition) is 15. The summed E-state index contributed by atoms with van der Waals surface area (Å²) in [5.41, 5.74) is 3.60. The van der Waals surface area contributed by atoms with Crippen LogP contribution in [0.15, 0.2) is 60.7 Å². The first-order valence-corrected chi connectivity index (χ1v) is 24.3. The van der Waals surface area contributed by atoms with Crippen molar-refractivity contribution in [1.29, 1.82) is 0 Å². The maximum Gasteiger partial charge on any atom is 1.00 e. The number of fused-ring (bicyclic) bond motifs is 4. The first kappa shape index (κ1) is 66.1. The largest absolute Gasteiger partial charge is 1.00 e. The van der Waals surface area contributed by atoms with Gasteiger partial charge < -0.3 is 49.5 Å². The average molecular weight is 1130 g/mol. The Morgan fingerprint density at radius 3 is 1.43 bits per heavy atom. The van der Waals surface area contributed by atoms with Crippen LogP contribution >= 0.6 is 44.6 Å². The van der Waals surface area contributed by atoms with Crippen molar-refractivity contribution in [1.82, 2.24) is 0 Å². The Hall–Kier alpha value is -3.87. The van der Waals surface area contributed by atoms with Crippen molar-refractivity contribution in [3.05, 3.63) is 117 Å². The summed E-state index contributed by atoms with van der Waals surface area (Å²) in [6.45, 7) is 4.13. The zero-order valence-corrected chi connectivity index (χ0v) is 45.2. The minimum Gasteiger partial charge on any atom is -1.00 e. The van der Waals surface area contributed by atoms with E-state index in [1.54, 1.807) is 12.1 Å². The number of alkyl halides is 2. The number of ether oxygens (including phenoxy) is 8. The van der Waals surface area contributed by atoms with Gasteiger partial charge in [-0.2, -0.15) is 0 Å². The summed E-state index contributed by atoms with van der Waals surface area (Å²) < 4.78 is 101. The summed E-state index contributed by atoms with van der Waals surface area (Å²) >= 11 is 10.0. The van der Waals surface area contributed by atoms with E-state index in [1.807, 2.05) is 0 Å². The Labute approximate surface area is 459 Å². The predicted molar refractivity (Wildman–Crippen MR) is 256 cm³/mol. The molecule has 4 aromatic carbocycles. The Morgan fingerprint density at radius 2 is 1.03 bits per heavy atom. The standard InChI is InChI=1S/C12H13FO4.C12H11FO4.C11H11FO3.C9H9FO2.C2H4Cl2O.B.Cl2OS.Na.H/c2*1-7(15)16-6-11-4-8-2-10(13)3-9(5-14)12(8)17-11;1-7(13)14-6-10-5-8-4-9(12)2-3-11(8)15-10;10-7-1-2-9-6(3-7)4-8(5-11)12-9;1-5-2(3)4;;1-4(2)3;;/h2-3,11,14H,4-6H2,1H3;2-3,5,11H,4,6H2,1H3;2-4,10H,5-6H2,1H3;1-3,8,11H,4-5H2;2H,1H3;;;;/q;;;;;;;+1;-1. The molecular weight excluding hydrogens is 1080 g/mol. The maximum absolute atomic E-state index is 13.2. The topological polar surface area (TPSA) is 200 Å². The van der Waals surface area contributed by atoms with Crippen LogP contribution < -0.4 is 48.5 Å². The molecule has 3 radical (unpaired) electrons. The van der Waals surface area contributed by atoms with E-state index in [0.29, 0.717) is 71.7 Å².